The molecule has 0 aromatic carbocycles. The van der Waals surface area contributed by atoms with Crippen molar-refractivity contribution in [2.75, 3.05) is 32.3 Å². The van der Waals surface area contributed by atoms with Crippen LogP contribution in [0, 0.1) is 6.92 Å². The minimum Gasteiger partial charge on any atom is -0.383 e. The van der Waals surface area contributed by atoms with Crippen LogP contribution in [0.1, 0.15) is 17.7 Å². The Bertz CT molecular complexity index is 315. The third kappa shape index (κ3) is 5.57. The number of hydrogen-bond acceptors (Lipinski definition) is 4. The molecule has 0 unspecified atom stereocenters. The summed E-state index contributed by atoms with van der Waals surface area (Å²) >= 11 is 1.88. The summed E-state index contributed by atoms with van der Waals surface area (Å²) in [5.41, 5.74) is 2.41. The first-order valence-corrected chi connectivity index (χ1v) is 7.39. The van der Waals surface area contributed by atoms with Crippen molar-refractivity contribution in [1.29, 1.82) is 0 Å². The lowest BCUT2D eigenvalue weighted by molar-refractivity contribution is 0.199. The smallest absolute Gasteiger partial charge is 0.0638 e. The standard InChI is InChI=1S/C12H23N3OS/c1-11-12(9-13-5-7-16-2)10-15(14-11)6-4-8-17-3/h10,13H,4-9H2,1-3H3. The van der Waals surface area contributed by atoms with Gasteiger partial charge in [-0.3, -0.25) is 4.68 Å². The first kappa shape index (κ1) is 14.5. The van der Waals surface area contributed by atoms with Gasteiger partial charge in [0.15, 0.2) is 0 Å². The summed E-state index contributed by atoms with van der Waals surface area (Å²) in [6.45, 7) is 5.59. The molecule has 98 valence electrons. The van der Waals surface area contributed by atoms with Gasteiger partial charge in [0.2, 0.25) is 0 Å². The molecule has 1 N–H and O–H groups in total. The number of aryl methyl sites for hydroxylation is 2. The van der Waals surface area contributed by atoms with Crippen molar-refractivity contribution in [3.63, 3.8) is 0 Å². The Morgan fingerprint density at radius 3 is 3.06 bits per heavy atom. The molecule has 0 amide bonds. The monoisotopic (exact) mass is 257 g/mol. The van der Waals surface area contributed by atoms with E-state index in [1.165, 1.54) is 17.7 Å². The highest BCUT2D eigenvalue weighted by Crippen LogP contribution is 2.06. The molecule has 0 radical (unpaired) electrons. The van der Waals surface area contributed by atoms with E-state index in [0.717, 1.165) is 31.9 Å². The second-order valence-corrected chi connectivity index (χ2v) is 5.00. The minimum absolute atomic E-state index is 0.751. The number of methoxy groups -OCH3 is 1. The molecule has 0 aliphatic carbocycles. The van der Waals surface area contributed by atoms with Gasteiger partial charge >= 0.3 is 0 Å². The van der Waals surface area contributed by atoms with Crippen molar-refractivity contribution in [2.45, 2.75) is 26.4 Å². The number of ether oxygens (including phenoxy) is 1. The number of hydrogen-bond donors (Lipinski definition) is 1. The van der Waals surface area contributed by atoms with Gasteiger partial charge < -0.3 is 10.1 Å². The Kier molecular flexibility index (Phi) is 7.32. The molecule has 1 rings (SSSR count). The van der Waals surface area contributed by atoms with Crippen molar-refractivity contribution < 1.29 is 4.74 Å². The lowest BCUT2D eigenvalue weighted by Crippen LogP contribution is -2.18. The van der Waals surface area contributed by atoms with Gasteiger partial charge in [-0.15, -0.1) is 0 Å². The Hall–Kier alpha value is -0.520. The molecule has 0 saturated carbocycles. The fraction of sp³-hybridized carbons (Fsp3) is 0.750. The van der Waals surface area contributed by atoms with Gasteiger partial charge in [-0.1, -0.05) is 0 Å². The van der Waals surface area contributed by atoms with Crippen LogP contribution in [-0.2, 0) is 17.8 Å². The van der Waals surface area contributed by atoms with Crippen LogP contribution in [0.3, 0.4) is 0 Å². The minimum atomic E-state index is 0.751. The lowest BCUT2D eigenvalue weighted by atomic mass is 10.2. The normalized spacial score (nSPS) is 11.0. The molecule has 1 aromatic heterocycles. The summed E-state index contributed by atoms with van der Waals surface area (Å²) in [6.07, 6.45) is 5.47. The molecular weight excluding hydrogens is 234 g/mol. The summed E-state index contributed by atoms with van der Waals surface area (Å²) in [5, 5.41) is 7.86. The third-order valence-corrected chi connectivity index (χ3v) is 3.28. The summed E-state index contributed by atoms with van der Waals surface area (Å²) in [5.74, 6) is 1.19. The average molecular weight is 257 g/mol. The highest BCUT2D eigenvalue weighted by molar-refractivity contribution is 7.98. The average Bonchev–Trinajstić information content (AvgIpc) is 2.66. The first-order valence-electron chi connectivity index (χ1n) is 5.99. The van der Waals surface area contributed by atoms with Gasteiger partial charge in [0.1, 0.15) is 0 Å². The predicted octanol–water partition coefficient (Wildman–Crippen LogP) is 1.68. The zero-order chi connectivity index (χ0) is 12.5. The Morgan fingerprint density at radius 2 is 2.35 bits per heavy atom. The molecule has 0 aliphatic rings. The molecule has 0 spiro atoms. The van der Waals surface area contributed by atoms with Crippen LogP contribution in [-0.4, -0.2) is 42.1 Å². The van der Waals surface area contributed by atoms with Gasteiger partial charge in [-0.2, -0.15) is 16.9 Å². The van der Waals surface area contributed by atoms with Crippen molar-refractivity contribution in [3.8, 4) is 0 Å². The molecular formula is C12H23N3OS. The van der Waals surface area contributed by atoms with E-state index in [-0.39, 0.29) is 0 Å². The fourth-order valence-electron chi connectivity index (χ4n) is 1.62. The van der Waals surface area contributed by atoms with Gasteiger partial charge in [0, 0.05) is 38.5 Å². The van der Waals surface area contributed by atoms with Gasteiger partial charge in [0.05, 0.1) is 12.3 Å². The molecule has 1 heterocycles. The quantitative estimate of drug-likeness (QED) is 0.683. The molecule has 0 aliphatic heterocycles. The highest BCUT2D eigenvalue weighted by Gasteiger charge is 2.03. The van der Waals surface area contributed by atoms with E-state index in [1.54, 1.807) is 7.11 Å². The van der Waals surface area contributed by atoms with Crippen molar-refractivity contribution >= 4 is 11.8 Å². The van der Waals surface area contributed by atoms with Crippen LogP contribution in [0.25, 0.3) is 0 Å². The fourth-order valence-corrected chi connectivity index (χ4v) is 2.03. The third-order valence-electron chi connectivity index (χ3n) is 2.58. The van der Waals surface area contributed by atoms with Crippen LogP contribution in [0.15, 0.2) is 6.20 Å². The van der Waals surface area contributed by atoms with Crippen LogP contribution >= 0.6 is 11.8 Å². The molecule has 0 atom stereocenters. The predicted molar refractivity (Wildman–Crippen MR) is 73.5 cm³/mol. The van der Waals surface area contributed by atoms with E-state index in [1.807, 2.05) is 11.8 Å². The Labute approximate surface area is 108 Å². The van der Waals surface area contributed by atoms with Gasteiger partial charge in [-0.05, 0) is 25.4 Å². The largest absolute Gasteiger partial charge is 0.383 e. The van der Waals surface area contributed by atoms with E-state index in [4.69, 9.17) is 4.74 Å². The van der Waals surface area contributed by atoms with Gasteiger partial charge in [0.25, 0.3) is 0 Å². The zero-order valence-electron chi connectivity index (χ0n) is 11.0. The van der Waals surface area contributed by atoms with Crippen LogP contribution in [0.2, 0.25) is 0 Å². The summed E-state index contributed by atoms with van der Waals surface area (Å²) in [6, 6.07) is 0. The maximum atomic E-state index is 5.00. The van der Waals surface area contributed by atoms with E-state index < -0.39 is 0 Å². The maximum absolute atomic E-state index is 5.00. The second-order valence-electron chi connectivity index (χ2n) is 4.02. The number of thioether (sulfide) groups is 1. The topological polar surface area (TPSA) is 39.1 Å². The SMILES string of the molecule is COCCNCc1cn(CCCSC)nc1C. The maximum Gasteiger partial charge on any atom is 0.0638 e. The molecule has 1 aromatic rings. The highest BCUT2D eigenvalue weighted by atomic mass is 32.2. The first-order chi connectivity index (χ1) is 8.27. The van der Waals surface area contributed by atoms with E-state index in [9.17, 15) is 0 Å². The lowest BCUT2D eigenvalue weighted by Gasteiger charge is -2.02. The second kappa shape index (κ2) is 8.55. The zero-order valence-corrected chi connectivity index (χ0v) is 11.8. The molecule has 0 saturated heterocycles. The van der Waals surface area contributed by atoms with Crippen LogP contribution in [0.5, 0.6) is 0 Å². The molecule has 5 heteroatoms. The molecule has 17 heavy (non-hydrogen) atoms. The number of nitrogens with zero attached hydrogens (tertiary/aromatic N) is 2. The summed E-state index contributed by atoms with van der Waals surface area (Å²) < 4.78 is 7.05. The summed E-state index contributed by atoms with van der Waals surface area (Å²) in [4.78, 5) is 0. The number of rotatable bonds is 9. The van der Waals surface area contributed by atoms with E-state index in [2.05, 4.69) is 34.5 Å². The Morgan fingerprint density at radius 1 is 1.53 bits per heavy atom. The van der Waals surface area contributed by atoms with Crippen molar-refractivity contribution in [3.05, 3.63) is 17.5 Å². The van der Waals surface area contributed by atoms with E-state index in [0.29, 0.717) is 0 Å². The molecule has 0 bridgehead atoms. The summed E-state index contributed by atoms with van der Waals surface area (Å²) in [7, 11) is 1.72. The van der Waals surface area contributed by atoms with E-state index >= 15 is 0 Å². The molecule has 4 nitrogen and oxygen atoms in total. The Balaban J connectivity index is 2.33. The van der Waals surface area contributed by atoms with Crippen LogP contribution < -0.4 is 5.32 Å². The van der Waals surface area contributed by atoms with Crippen molar-refractivity contribution in [2.24, 2.45) is 0 Å². The number of nitrogens with one attached hydrogen (secondary N) is 1. The number of aromatic nitrogens is 2. The van der Waals surface area contributed by atoms with Gasteiger partial charge in [-0.25, -0.2) is 0 Å². The van der Waals surface area contributed by atoms with Crippen molar-refractivity contribution in [1.82, 2.24) is 15.1 Å². The molecule has 0 fully saturated rings. The van der Waals surface area contributed by atoms with Crippen LogP contribution in [0.4, 0.5) is 0 Å².